The van der Waals surface area contributed by atoms with Crippen LogP contribution in [0.2, 0.25) is 0 Å². The predicted octanol–water partition coefficient (Wildman–Crippen LogP) is -2.83. The highest BCUT2D eigenvalue weighted by Crippen LogP contribution is 2.19. The van der Waals surface area contributed by atoms with E-state index in [1.807, 2.05) is 0 Å². The van der Waals surface area contributed by atoms with Crippen LogP contribution >= 0.6 is 0 Å². The van der Waals surface area contributed by atoms with Crippen LogP contribution in [0.3, 0.4) is 0 Å². The van der Waals surface area contributed by atoms with Crippen molar-refractivity contribution in [1.29, 1.82) is 0 Å². The summed E-state index contributed by atoms with van der Waals surface area (Å²) in [4.78, 5) is 10.7. The van der Waals surface area contributed by atoms with E-state index in [1.54, 1.807) is 5.32 Å². The number of amides is 1. The Morgan fingerprint density at radius 3 is 2.35 bits per heavy atom. The van der Waals surface area contributed by atoms with Crippen LogP contribution in [0.1, 0.15) is 0 Å². The zero-order valence-corrected chi connectivity index (χ0v) is 8.53. The van der Waals surface area contributed by atoms with Gasteiger partial charge in [-0.1, -0.05) is 0 Å². The molecule has 9 heteroatoms. The van der Waals surface area contributed by atoms with Crippen LogP contribution in [-0.4, -0.2) is 70.0 Å². The Bertz CT molecular complexity index is 279. The second-order valence-electron chi connectivity index (χ2n) is 3.56. The zero-order valence-electron chi connectivity index (χ0n) is 8.53. The van der Waals surface area contributed by atoms with Crippen LogP contribution in [0.4, 0.5) is 8.78 Å². The van der Waals surface area contributed by atoms with Crippen molar-refractivity contribution < 1.29 is 38.7 Å². The Balaban J connectivity index is 2.69. The summed E-state index contributed by atoms with van der Waals surface area (Å²) >= 11 is 0. The summed E-state index contributed by atoms with van der Waals surface area (Å²) < 4.78 is 28.6. The Morgan fingerprint density at radius 2 is 1.88 bits per heavy atom. The van der Waals surface area contributed by atoms with E-state index >= 15 is 0 Å². The molecule has 0 aliphatic carbocycles. The van der Waals surface area contributed by atoms with Crippen molar-refractivity contribution >= 4 is 5.91 Å². The third kappa shape index (κ3) is 3.07. The minimum absolute atomic E-state index is 0.676. The van der Waals surface area contributed by atoms with E-state index in [2.05, 4.69) is 4.74 Å². The Morgan fingerprint density at radius 1 is 1.29 bits per heavy atom. The maximum atomic E-state index is 12.0. The normalized spacial score (nSPS) is 38.2. The van der Waals surface area contributed by atoms with E-state index in [1.165, 1.54) is 0 Å². The molecule has 1 aliphatic rings. The van der Waals surface area contributed by atoms with Gasteiger partial charge in [0.25, 0.3) is 5.91 Å². The molecule has 0 radical (unpaired) electrons. The summed E-state index contributed by atoms with van der Waals surface area (Å²) in [6.07, 6.45) is -9.69. The highest BCUT2D eigenvalue weighted by atomic mass is 19.3. The van der Waals surface area contributed by atoms with Crippen LogP contribution in [0, 0.1) is 0 Å². The molecule has 5 N–H and O–H groups in total. The number of hydrogen-bond acceptors (Lipinski definition) is 6. The van der Waals surface area contributed by atoms with E-state index in [4.69, 9.17) is 5.11 Å². The Labute approximate surface area is 94.6 Å². The Hall–Kier alpha value is -0.870. The van der Waals surface area contributed by atoms with Gasteiger partial charge < -0.3 is 30.5 Å². The minimum Gasteiger partial charge on any atom is -0.394 e. The highest BCUT2D eigenvalue weighted by molar-refractivity contribution is 5.79. The SMILES string of the molecule is O=C(NC1C(O)OC(CO)[C@@H](O)[C@@H]1O)C(F)F. The largest absolute Gasteiger partial charge is 0.394 e. The number of carbonyl (C=O) groups is 1. The van der Waals surface area contributed by atoms with Gasteiger partial charge in [-0.2, -0.15) is 8.78 Å². The van der Waals surface area contributed by atoms with Crippen molar-refractivity contribution in [2.75, 3.05) is 6.61 Å². The summed E-state index contributed by atoms with van der Waals surface area (Å²) in [6, 6.07) is -1.59. The van der Waals surface area contributed by atoms with Crippen molar-refractivity contribution in [1.82, 2.24) is 5.32 Å². The summed E-state index contributed by atoms with van der Waals surface area (Å²) in [5, 5.41) is 38.6. The summed E-state index contributed by atoms with van der Waals surface area (Å²) in [6.45, 7) is -0.676. The predicted molar refractivity (Wildman–Crippen MR) is 47.9 cm³/mol. The van der Waals surface area contributed by atoms with Crippen LogP contribution in [0.5, 0.6) is 0 Å². The molecule has 1 saturated heterocycles. The van der Waals surface area contributed by atoms with Crippen molar-refractivity contribution in [2.45, 2.75) is 37.1 Å². The summed E-state index contributed by atoms with van der Waals surface area (Å²) in [5.41, 5.74) is 0. The fourth-order valence-corrected chi connectivity index (χ4v) is 1.48. The molecule has 7 nitrogen and oxygen atoms in total. The maximum absolute atomic E-state index is 12.0. The number of rotatable bonds is 3. The molecule has 0 aromatic carbocycles. The van der Waals surface area contributed by atoms with E-state index in [9.17, 15) is 28.9 Å². The number of aliphatic hydroxyl groups is 4. The lowest BCUT2D eigenvalue weighted by atomic mass is 9.97. The molecular formula is C8H13F2NO6. The topological polar surface area (TPSA) is 119 Å². The molecule has 1 heterocycles. The molecule has 1 fully saturated rings. The standard InChI is InChI=1S/C8H13F2NO6/c9-6(10)7(15)11-3-5(14)4(13)2(1-12)17-8(3)16/h2-6,8,12-14,16H,1H2,(H,11,15)/t2?,3?,4-,5-,8?/m1/s1. The average molecular weight is 257 g/mol. The van der Waals surface area contributed by atoms with E-state index in [-0.39, 0.29) is 0 Å². The molecule has 3 unspecified atom stereocenters. The van der Waals surface area contributed by atoms with Crippen molar-refractivity contribution in [3.63, 3.8) is 0 Å². The number of ether oxygens (including phenoxy) is 1. The number of nitrogens with one attached hydrogen (secondary N) is 1. The molecule has 1 amide bonds. The zero-order chi connectivity index (χ0) is 13.2. The summed E-state index contributed by atoms with van der Waals surface area (Å²) in [7, 11) is 0. The lowest BCUT2D eigenvalue weighted by Gasteiger charge is -2.40. The molecule has 0 spiro atoms. The lowest BCUT2D eigenvalue weighted by Crippen LogP contribution is -2.64. The van der Waals surface area contributed by atoms with Crippen LogP contribution in [-0.2, 0) is 9.53 Å². The molecule has 100 valence electrons. The molecule has 0 aromatic rings. The first kappa shape index (κ1) is 14.2. The van der Waals surface area contributed by atoms with Crippen molar-refractivity contribution in [2.24, 2.45) is 0 Å². The fourth-order valence-electron chi connectivity index (χ4n) is 1.48. The second kappa shape index (κ2) is 5.65. The molecule has 0 saturated carbocycles. The van der Waals surface area contributed by atoms with Gasteiger partial charge in [-0.15, -0.1) is 0 Å². The number of aliphatic hydroxyl groups excluding tert-OH is 4. The van der Waals surface area contributed by atoms with Crippen LogP contribution < -0.4 is 5.32 Å². The highest BCUT2D eigenvalue weighted by Gasteiger charge is 2.44. The van der Waals surface area contributed by atoms with Gasteiger partial charge in [-0.25, -0.2) is 0 Å². The van der Waals surface area contributed by atoms with Gasteiger partial charge in [0.15, 0.2) is 6.29 Å². The number of halogens is 2. The smallest absolute Gasteiger partial charge is 0.315 e. The number of alkyl halides is 2. The molecule has 1 aliphatic heterocycles. The first-order valence-electron chi connectivity index (χ1n) is 4.77. The lowest BCUT2D eigenvalue weighted by molar-refractivity contribution is -0.254. The van der Waals surface area contributed by atoms with Gasteiger partial charge in [0.1, 0.15) is 24.4 Å². The van der Waals surface area contributed by atoms with E-state index in [0.717, 1.165) is 0 Å². The quantitative estimate of drug-likeness (QED) is 0.372. The van der Waals surface area contributed by atoms with Crippen LogP contribution in [0.25, 0.3) is 0 Å². The molecule has 17 heavy (non-hydrogen) atoms. The van der Waals surface area contributed by atoms with Gasteiger partial charge >= 0.3 is 6.43 Å². The molecular weight excluding hydrogens is 244 g/mol. The van der Waals surface area contributed by atoms with Gasteiger partial charge in [-0.3, -0.25) is 4.79 Å². The van der Waals surface area contributed by atoms with E-state index < -0.39 is 49.6 Å². The van der Waals surface area contributed by atoms with Gasteiger partial charge in [0.05, 0.1) is 6.61 Å². The number of hydrogen-bond donors (Lipinski definition) is 5. The van der Waals surface area contributed by atoms with Crippen molar-refractivity contribution in [3.8, 4) is 0 Å². The Kier molecular flexibility index (Phi) is 4.71. The van der Waals surface area contributed by atoms with Gasteiger partial charge in [-0.05, 0) is 0 Å². The first-order chi connectivity index (χ1) is 7.88. The van der Waals surface area contributed by atoms with Crippen molar-refractivity contribution in [3.05, 3.63) is 0 Å². The molecule has 0 aromatic heterocycles. The third-order valence-electron chi connectivity index (χ3n) is 2.41. The summed E-state index contributed by atoms with van der Waals surface area (Å²) in [5.74, 6) is -1.70. The average Bonchev–Trinajstić information content (AvgIpc) is 2.28. The van der Waals surface area contributed by atoms with E-state index in [0.29, 0.717) is 0 Å². The van der Waals surface area contributed by atoms with Gasteiger partial charge in [0, 0.05) is 0 Å². The number of carbonyl (C=O) groups excluding carboxylic acids is 1. The minimum atomic E-state index is -3.32. The fraction of sp³-hybridized carbons (Fsp3) is 0.875. The molecule has 0 bridgehead atoms. The molecule has 1 rings (SSSR count). The third-order valence-corrected chi connectivity index (χ3v) is 2.41. The second-order valence-corrected chi connectivity index (χ2v) is 3.56. The van der Waals surface area contributed by atoms with Crippen LogP contribution in [0.15, 0.2) is 0 Å². The first-order valence-corrected chi connectivity index (χ1v) is 4.77. The maximum Gasteiger partial charge on any atom is 0.315 e. The van der Waals surface area contributed by atoms with Gasteiger partial charge in [0.2, 0.25) is 0 Å². The monoisotopic (exact) mass is 257 g/mol. The molecule has 5 atom stereocenters.